The molecule has 2 aromatic heterocycles. The fourth-order valence-corrected chi connectivity index (χ4v) is 2.26. The van der Waals surface area contributed by atoms with Crippen LogP contribution in [-0.4, -0.2) is 9.97 Å². The number of aromatic nitrogens is 2. The predicted molar refractivity (Wildman–Crippen MR) is 79.1 cm³/mol. The van der Waals surface area contributed by atoms with Crippen LogP contribution >= 0.6 is 0 Å². The van der Waals surface area contributed by atoms with Crippen molar-refractivity contribution in [1.29, 1.82) is 0 Å². The van der Waals surface area contributed by atoms with Gasteiger partial charge >= 0.3 is 0 Å². The number of nitrogens with zero attached hydrogens (tertiary/aromatic N) is 2. The summed E-state index contributed by atoms with van der Waals surface area (Å²) in [6.45, 7) is 4.13. The molecule has 0 aliphatic rings. The molecule has 2 N–H and O–H groups in total. The van der Waals surface area contributed by atoms with Gasteiger partial charge in [-0.05, 0) is 37.6 Å². The van der Waals surface area contributed by atoms with Gasteiger partial charge in [0.05, 0.1) is 12.0 Å². The van der Waals surface area contributed by atoms with Crippen molar-refractivity contribution in [3.8, 4) is 22.7 Å². The maximum absolute atomic E-state index is 5.82. The lowest BCUT2D eigenvalue weighted by Crippen LogP contribution is -1.99. The SMILES string of the molecule is Cc1ccc(-c2cc(-c3ccco3)nc(N)n2)c(C)c1. The first-order valence-corrected chi connectivity index (χ1v) is 6.39. The Bertz CT molecular complexity index is 748. The van der Waals surface area contributed by atoms with Gasteiger partial charge in [-0.25, -0.2) is 9.97 Å². The minimum absolute atomic E-state index is 0.244. The van der Waals surface area contributed by atoms with Crippen LogP contribution in [0.25, 0.3) is 22.7 Å². The van der Waals surface area contributed by atoms with Crippen molar-refractivity contribution in [3.63, 3.8) is 0 Å². The molecule has 4 nitrogen and oxygen atoms in total. The van der Waals surface area contributed by atoms with E-state index in [0.29, 0.717) is 11.5 Å². The van der Waals surface area contributed by atoms with Crippen molar-refractivity contribution in [2.45, 2.75) is 13.8 Å². The third-order valence-corrected chi connectivity index (χ3v) is 3.17. The number of anilines is 1. The maximum Gasteiger partial charge on any atom is 0.221 e. The second-order valence-electron chi connectivity index (χ2n) is 4.79. The third-order valence-electron chi connectivity index (χ3n) is 3.17. The Kier molecular flexibility index (Phi) is 2.99. The standard InChI is InChI=1S/C16H15N3O/c1-10-5-6-12(11(2)8-10)13-9-14(19-16(17)18-13)15-4-3-7-20-15/h3-9H,1-2H3,(H2,17,18,19). The third kappa shape index (κ3) is 2.28. The maximum atomic E-state index is 5.82. The molecule has 4 heteroatoms. The molecule has 3 rings (SSSR count). The van der Waals surface area contributed by atoms with Crippen molar-refractivity contribution < 1.29 is 4.42 Å². The first-order chi connectivity index (χ1) is 9.63. The van der Waals surface area contributed by atoms with E-state index in [-0.39, 0.29) is 5.95 Å². The Morgan fingerprint density at radius 1 is 1.00 bits per heavy atom. The number of nitrogens with two attached hydrogens (primary N) is 1. The van der Waals surface area contributed by atoms with Crippen LogP contribution in [0, 0.1) is 13.8 Å². The normalized spacial score (nSPS) is 10.7. The summed E-state index contributed by atoms with van der Waals surface area (Å²) in [5.74, 6) is 0.930. The molecular formula is C16H15N3O. The summed E-state index contributed by atoms with van der Waals surface area (Å²) in [5.41, 5.74) is 10.8. The molecular weight excluding hydrogens is 250 g/mol. The van der Waals surface area contributed by atoms with Crippen LogP contribution in [0.1, 0.15) is 11.1 Å². The van der Waals surface area contributed by atoms with Crippen LogP contribution in [0.4, 0.5) is 5.95 Å². The molecule has 0 saturated heterocycles. The zero-order chi connectivity index (χ0) is 14.1. The molecule has 0 aliphatic heterocycles. The molecule has 0 fully saturated rings. The molecule has 2 heterocycles. The minimum Gasteiger partial charge on any atom is -0.463 e. The summed E-state index contributed by atoms with van der Waals surface area (Å²) in [7, 11) is 0. The fourth-order valence-electron chi connectivity index (χ4n) is 2.26. The molecule has 0 spiro atoms. The van der Waals surface area contributed by atoms with Gasteiger partial charge in [-0.1, -0.05) is 23.8 Å². The van der Waals surface area contributed by atoms with Gasteiger partial charge in [0.15, 0.2) is 5.76 Å². The quantitative estimate of drug-likeness (QED) is 0.768. The average molecular weight is 265 g/mol. The number of benzene rings is 1. The number of nitrogen functional groups attached to an aromatic ring is 1. The monoisotopic (exact) mass is 265 g/mol. The highest BCUT2D eigenvalue weighted by Crippen LogP contribution is 2.27. The molecule has 20 heavy (non-hydrogen) atoms. The molecule has 0 aliphatic carbocycles. The van der Waals surface area contributed by atoms with Crippen LogP contribution in [-0.2, 0) is 0 Å². The number of aryl methyl sites for hydroxylation is 2. The van der Waals surface area contributed by atoms with E-state index in [1.165, 1.54) is 5.56 Å². The Morgan fingerprint density at radius 2 is 1.80 bits per heavy atom. The van der Waals surface area contributed by atoms with Gasteiger partial charge in [-0.2, -0.15) is 0 Å². The Balaban J connectivity index is 2.14. The van der Waals surface area contributed by atoms with Crippen LogP contribution < -0.4 is 5.73 Å². The van der Waals surface area contributed by atoms with E-state index in [1.807, 2.05) is 18.2 Å². The molecule has 0 radical (unpaired) electrons. The Hall–Kier alpha value is -2.62. The van der Waals surface area contributed by atoms with E-state index in [4.69, 9.17) is 10.2 Å². The van der Waals surface area contributed by atoms with E-state index in [2.05, 4.69) is 42.0 Å². The Morgan fingerprint density at radius 3 is 2.50 bits per heavy atom. The van der Waals surface area contributed by atoms with Crippen molar-refractivity contribution in [1.82, 2.24) is 9.97 Å². The van der Waals surface area contributed by atoms with E-state index >= 15 is 0 Å². The second kappa shape index (κ2) is 4.81. The van der Waals surface area contributed by atoms with Gasteiger partial charge in [0.1, 0.15) is 5.69 Å². The zero-order valence-corrected chi connectivity index (χ0v) is 11.4. The molecule has 100 valence electrons. The zero-order valence-electron chi connectivity index (χ0n) is 11.4. The van der Waals surface area contributed by atoms with Gasteiger partial charge in [0, 0.05) is 5.56 Å². The average Bonchev–Trinajstić information content (AvgIpc) is 2.91. The van der Waals surface area contributed by atoms with Crippen molar-refractivity contribution in [2.75, 3.05) is 5.73 Å². The molecule has 0 unspecified atom stereocenters. The summed E-state index contributed by atoms with van der Waals surface area (Å²) in [6, 6.07) is 11.8. The van der Waals surface area contributed by atoms with Gasteiger partial charge < -0.3 is 10.2 Å². The number of hydrogen-bond donors (Lipinski definition) is 1. The van der Waals surface area contributed by atoms with Crippen molar-refractivity contribution in [2.24, 2.45) is 0 Å². The van der Waals surface area contributed by atoms with Gasteiger partial charge in [0.25, 0.3) is 0 Å². The smallest absolute Gasteiger partial charge is 0.221 e. The fraction of sp³-hybridized carbons (Fsp3) is 0.125. The minimum atomic E-state index is 0.244. The van der Waals surface area contributed by atoms with E-state index < -0.39 is 0 Å². The van der Waals surface area contributed by atoms with Crippen LogP contribution in [0.5, 0.6) is 0 Å². The Labute approximate surface area is 117 Å². The number of hydrogen-bond acceptors (Lipinski definition) is 4. The first kappa shape index (κ1) is 12.4. The molecule has 0 bridgehead atoms. The number of rotatable bonds is 2. The highest BCUT2D eigenvalue weighted by atomic mass is 16.3. The van der Waals surface area contributed by atoms with Crippen molar-refractivity contribution >= 4 is 5.95 Å². The van der Waals surface area contributed by atoms with Gasteiger partial charge in [0.2, 0.25) is 5.95 Å². The summed E-state index contributed by atoms with van der Waals surface area (Å²) in [5, 5.41) is 0. The lowest BCUT2D eigenvalue weighted by Gasteiger charge is -2.08. The summed E-state index contributed by atoms with van der Waals surface area (Å²) in [4.78, 5) is 8.55. The molecule has 3 aromatic rings. The topological polar surface area (TPSA) is 64.9 Å². The lowest BCUT2D eigenvalue weighted by molar-refractivity contribution is 0.580. The summed E-state index contributed by atoms with van der Waals surface area (Å²) >= 11 is 0. The predicted octanol–water partition coefficient (Wildman–Crippen LogP) is 3.60. The first-order valence-electron chi connectivity index (χ1n) is 6.39. The lowest BCUT2D eigenvalue weighted by atomic mass is 10.0. The highest BCUT2D eigenvalue weighted by Gasteiger charge is 2.10. The molecule has 0 amide bonds. The molecule has 0 atom stereocenters. The largest absolute Gasteiger partial charge is 0.463 e. The van der Waals surface area contributed by atoms with Crippen LogP contribution in [0.2, 0.25) is 0 Å². The van der Waals surface area contributed by atoms with Crippen LogP contribution in [0.15, 0.2) is 47.1 Å². The van der Waals surface area contributed by atoms with Crippen LogP contribution in [0.3, 0.4) is 0 Å². The summed E-state index contributed by atoms with van der Waals surface area (Å²) < 4.78 is 5.37. The van der Waals surface area contributed by atoms with E-state index in [9.17, 15) is 0 Å². The molecule has 1 aromatic carbocycles. The summed E-state index contributed by atoms with van der Waals surface area (Å²) in [6.07, 6.45) is 1.62. The van der Waals surface area contributed by atoms with E-state index in [1.54, 1.807) is 6.26 Å². The highest BCUT2D eigenvalue weighted by molar-refractivity contribution is 5.69. The van der Waals surface area contributed by atoms with Gasteiger partial charge in [-0.3, -0.25) is 0 Å². The van der Waals surface area contributed by atoms with Gasteiger partial charge in [-0.15, -0.1) is 0 Å². The second-order valence-corrected chi connectivity index (χ2v) is 4.79. The number of furan rings is 1. The van der Waals surface area contributed by atoms with E-state index in [0.717, 1.165) is 16.8 Å². The van der Waals surface area contributed by atoms with Crippen molar-refractivity contribution in [3.05, 3.63) is 53.8 Å². The molecule has 0 saturated carbocycles.